The van der Waals surface area contributed by atoms with Crippen LogP contribution in [0.1, 0.15) is 37.9 Å². The van der Waals surface area contributed by atoms with Crippen molar-refractivity contribution in [2.45, 2.75) is 51.9 Å². The highest BCUT2D eigenvalue weighted by Crippen LogP contribution is 2.35. The van der Waals surface area contributed by atoms with Crippen LogP contribution in [0.3, 0.4) is 0 Å². The fraction of sp³-hybridized carbons (Fsp3) is 0.533. The maximum absolute atomic E-state index is 4.81. The third-order valence-corrected chi connectivity index (χ3v) is 5.06. The standard InChI is InChI=1S/C15H21N3S2/c1-11(2)16-7-13-10-20-15(17-13)18(14-3-4-14)8-12-5-6-19-9-12/h5-6,9-11,14,16H,3-4,7-8H2,1-2H3. The molecular weight excluding hydrogens is 286 g/mol. The second kappa shape index (κ2) is 6.24. The quantitative estimate of drug-likeness (QED) is 0.841. The molecular formula is C15H21N3S2. The van der Waals surface area contributed by atoms with E-state index in [0.717, 1.165) is 18.8 Å². The molecule has 108 valence electrons. The molecule has 2 aromatic heterocycles. The zero-order chi connectivity index (χ0) is 13.9. The Labute approximate surface area is 128 Å². The maximum atomic E-state index is 4.81. The molecule has 2 heterocycles. The number of hydrogen-bond acceptors (Lipinski definition) is 5. The van der Waals surface area contributed by atoms with Gasteiger partial charge in [-0.1, -0.05) is 13.8 Å². The molecule has 1 saturated carbocycles. The summed E-state index contributed by atoms with van der Waals surface area (Å²) in [4.78, 5) is 7.29. The highest BCUT2D eigenvalue weighted by Gasteiger charge is 2.31. The number of thiazole rings is 1. The van der Waals surface area contributed by atoms with Crippen molar-refractivity contribution >= 4 is 27.8 Å². The lowest BCUT2D eigenvalue weighted by Gasteiger charge is -2.20. The normalized spacial score (nSPS) is 14.9. The fourth-order valence-corrected chi connectivity index (χ4v) is 3.69. The molecule has 0 atom stereocenters. The van der Waals surface area contributed by atoms with Crippen LogP contribution in [0.15, 0.2) is 22.2 Å². The van der Waals surface area contributed by atoms with Gasteiger partial charge in [-0.25, -0.2) is 4.98 Å². The molecule has 20 heavy (non-hydrogen) atoms. The monoisotopic (exact) mass is 307 g/mol. The Morgan fingerprint density at radius 2 is 2.25 bits per heavy atom. The molecule has 0 unspecified atom stereocenters. The fourth-order valence-electron chi connectivity index (χ4n) is 2.14. The molecule has 1 fully saturated rings. The minimum Gasteiger partial charge on any atom is -0.341 e. The molecule has 1 N–H and O–H groups in total. The lowest BCUT2D eigenvalue weighted by Crippen LogP contribution is -2.25. The predicted molar refractivity (Wildman–Crippen MR) is 87.6 cm³/mol. The highest BCUT2D eigenvalue weighted by molar-refractivity contribution is 7.13. The summed E-state index contributed by atoms with van der Waals surface area (Å²) in [7, 11) is 0. The zero-order valence-corrected chi connectivity index (χ0v) is 13.6. The van der Waals surface area contributed by atoms with Gasteiger partial charge in [-0.3, -0.25) is 0 Å². The third kappa shape index (κ3) is 3.59. The summed E-state index contributed by atoms with van der Waals surface area (Å²) >= 11 is 3.55. The molecule has 0 aliphatic heterocycles. The molecule has 1 aliphatic carbocycles. The molecule has 3 rings (SSSR count). The molecule has 0 bridgehead atoms. The summed E-state index contributed by atoms with van der Waals surface area (Å²) in [5, 5.41) is 11.2. The van der Waals surface area contributed by atoms with Crippen molar-refractivity contribution in [3.05, 3.63) is 33.5 Å². The first-order valence-electron chi connectivity index (χ1n) is 7.18. The Hall–Kier alpha value is -0.910. The third-order valence-electron chi connectivity index (χ3n) is 3.40. The summed E-state index contributed by atoms with van der Waals surface area (Å²) in [5.74, 6) is 0. The van der Waals surface area contributed by atoms with E-state index in [1.165, 1.54) is 23.5 Å². The van der Waals surface area contributed by atoms with Crippen LogP contribution < -0.4 is 10.2 Å². The van der Waals surface area contributed by atoms with Gasteiger partial charge in [0.15, 0.2) is 5.13 Å². The van der Waals surface area contributed by atoms with E-state index in [2.05, 4.69) is 46.3 Å². The molecule has 0 amide bonds. The van der Waals surface area contributed by atoms with Crippen molar-refractivity contribution in [3.8, 4) is 0 Å². The van der Waals surface area contributed by atoms with Crippen LogP contribution in [-0.4, -0.2) is 17.1 Å². The minimum absolute atomic E-state index is 0.505. The topological polar surface area (TPSA) is 28.2 Å². The summed E-state index contributed by atoms with van der Waals surface area (Å²) in [6.07, 6.45) is 2.62. The molecule has 0 saturated heterocycles. The van der Waals surface area contributed by atoms with Crippen molar-refractivity contribution in [1.29, 1.82) is 0 Å². The zero-order valence-electron chi connectivity index (χ0n) is 12.0. The highest BCUT2D eigenvalue weighted by atomic mass is 32.1. The number of nitrogens with one attached hydrogen (secondary N) is 1. The van der Waals surface area contributed by atoms with Gasteiger partial charge in [-0.2, -0.15) is 11.3 Å². The van der Waals surface area contributed by atoms with E-state index in [-0.39, 0.29) is 0 Å². The predicted octanol–water partition coefficient (Wildman–Crippen LogP) is 3.87. The van der Waals surface area contributed by atoms with Crippen LogP contribution in [0.25, 0.3) is 0 Å². The van der Waals surface area contributed by atoms with E-state index in [4.69, 9.17) is 4.98 Å². The largest absolute Gasteiger partial charge is 0.341 e. The van der Waals surface area contributed by atoms with Crippen molar-refractivity contribution in [2.75, 3.05) is 4.90 Å². The lowest BCUT2D eigenvalue weighted by atomic mass is 10.3. The molecule has 5 heteroatoms. The Morgan fingerprint density at radius 3 is 2.90 bits per heavy atom. The van der Waals surface area contributed by atoms with E-state index in [1.807, 2.05) is 0 Å². The Balaban J connectivity index is 1.68. The maximum Gasteiger partial charge on any atom is 0.186 e. The first-order chi connectivity index (χ1) is 9.72. The van der Waals surface area contributed by atoms with Gasteiger partial charge in [-0.05, 0) is 35.2 Å². The minimum atomic E-state index is 0.505. The average Bonchev–Trinajstić information content (AvgIpc) is 2.95. The lowest BCUT2D eigenvalue weighted by molar-refractivity contribution is 0.582. The first-order valence-corrected chi connectivity index (χ1v) is 9.00. The van der Waals surface area contributed by atoms with Gasteiger partial charge in [-0.15, -0.1) is 11.3 Å². The number of nitrogens with zero attached hydrogens (tertiary/aromatic N) is 2. The van der Waals surface area contributed by atoms with E-state index in [0.29, 0.717) is 12.1 Å². The van der Waals surface area contributed by atoms with E-state index in [1.54, 1.807) is 22.7 Å². The van der Waals surface area contributed by atoms with Crippen molar-refractivity contribution in [1.82, 2.24) is 10.3 Å². The van der Waals surface area contributed by atoms with Gasteiger partial charge >= 0.3 is 0 Å². The van der Waals surface area contributed by atoms with Crippen LogP contribution in [0.5, 0.6) is 0 Å². The summed E-state index contributed by atoms with van der Waals surface area (Å²) in [5.41, 5.74) is 2.56. The summed E-state index contributed by atoms with van der Waals surface area (Å²) in [6, 6.07) is 3.42. The Bertz CT molecular complexity index is 529. The summed E-state index contributed by atoms with van der Waals surface area (Å²) in [6.45, 7) is 6.20. The van der Waals surface area contributed by atoms with E-state index < -0.39 is 0 Å². The Morgan fingerprint density at radius 1 is 1.40 bits per heavy atom. The number of anilines is 1. The first kappa shape index (κ1) is 14.0. The van der Waals surface area contributed by atoms with Gasteiger partial charge < -0.3 is 10.2 Å². The van der Waals surface area contributed by atoms with Crippen molar-refractivity contribution < 1.29 is 0 Å². The van der Waals surface area contributed by atoms with Gasteiger partial charge in [0.05, 0.1) is 5.69 Å². The van der Waals surface area contributed by atoms with Crippen molar-refractivity contribution in [2.24, 2.45) is 0 Å². The number of rotatable bonds is 7. The smallest absolute Gasteiger partial charge is 0.186 e. The number of aromatic nitrogens is 1. The molecule has 3 nitrogen and oxygen atoms in total. The average molecular weight is 307 g/mol. The van der Waals surface area contributed by atoms with E-state index in [9.17, 15) is 0 Å². The van der Waals surface area contributed by atoms with Gasteiger partial charge in [0, 0.05) is 30.6 Å². The van der Waals surface area contributed by atoms with Crippen LogP contribution >= 0.6 is 22.7 Å². The van der Waals surface area contributed by atoms with Crippen LogP contribution in [0.4, 0.5) is 5.13 Å². The van der Waals surface area contributed by atoms with Gasteiger partial charge in [0.25, 0.3) is 0 Å². The molecule has 2 aromatic rings. The molecule has 1 aliphatic rings. The van der Waals surface area contributed by atoms with Crippen molar-refractivity contribution in [3.63, 3.8) is 0 Å². The molecule has 0 spiro atoms. The van der Waals surface area contributed by atoms with Crippen LogP contribution in [0.2, 0.25) is 0 Å². The van der Waals surface area contributed by atoms with Gasteiger partial charge in [0.2, 0.25) is 0 Å². The second-order valence-corrected chi connectivity index (χ2v) is 7.26. The molecule has 0 aromatic carbocycles. The van der Waals surface area contributed by atoms with E-state index >= 15 is 0 Å². The van der Waals surface area contributed by atoms with Crippen LogP contribution in [-0.2, 0) is 13.1 Å². The van der Waals surface area contributed by atoms with Crippen LogP contribution in [0, 0.1) is 0 Å². The Kier molecular flexibility index (Phi) is 4.38. The van der Waals surface area contributed by atoms with Gasteiger partial charge in [0.1, 0.15) is 0 Å². The second-order valence-electron chi connectivity index (χ2n) is 5.65. The summed E-state index contributed by atoms with van der Waals surface area (Å²) < 4.78 is 0. The number of thiophene rings is 1. The molecule has 0 radical (unpaired) electrons. The SMILES string of the molecule is CC(C)NCc1csc(N(Cc2ccsc2)C2CC2)n1. The number of hydrogen-bond donors (Lipinski definition) is 1.